The zero-order valence-corrected chi connectivity index (χ0v) is 12.1. The first-order chi connectivity index (χ1) is 9.06. The summed E-state index contributed by atoms with van der Waals surface area (Å²) >= 11 is 0. The molecule has 1 unspecified atom stereocenters. The van der Waals surface area contributed by atoms with Crippen LogP contribution in [0.15, 0.2) is 18.2 Å². The topological polar surface area (TPSA) is 29.9 Å². The molecule has 3 heteroatoms. The first-order valence-electron chi connectivity index (χ1n) is 6.99. The van der Waals surface area contributed by atoms with E-state index in [4.69, 9.17) is 0 Å². The maximum Gasteiger partial charge on any atom is 0.0653 e. The Kier molecular flexibility index (Phi) is 2.85. The lowest BCUT2D eigenvalue weighted by Gasteiger charge is -2.24. The van der Waals surface area contributed by atoms with Crippen molar-refractivity contribution in [3.63, 3.8) is 0 Å². The zero-order valence-electron chi connectivity index (χ0n) is 12.1. The van der Waals surface area contributed by atoms with Crippen molar-refractivity contribution in [3.05, 3.63) is 40.7 Å². The van der Waals surface area contributed by atoms with Gasteiger partial charge in [-0.25, -0.2) is 4.68 Å². The van der Waals surface area contributed by atoms with Gasteiger partial charge in [-0.05, 0) is 69.9 Å². The molecule has 1 N–H and O–H groups in total. The van der Waals surface area contributed by atoms with Crippen LogP contribution in [0.4, 0.5) is 5.69 Å². The largest absolute Gasteiger partial charge is 0.382 e. The molecule has 0 fully saturated rings. The standard InChI is InChI=1S/C16H21N3/c1-10-5-6-14-9-15(7-8-16(14)17-10)19-13(4)11(2)12(3)18-19/h7-10,17H,5-6H2,1-4H3. The Hall–Kier alpha value is -1.77. The molecule has 19 heavy (non-hydrogen) atoms. The van der Waals surface area contributed by atoms with E-state index >= 15 is 0 Å². The summed E-state index contributed by atoms with van der Waals surface area (Å²) in [5.74, 6) is 0. The second-order valence-electron chi connectivity index (χ2n) is 5.63. The van der Waals surface area contributed by atoms with Crippen LogP contribution in [0.2, 0.25) is 0 Å². The Balaban J connectivity index is 2.05. The van der Waals surface area contributed by atoms with Crippen molar-refractivity contribution in [2.45, 2.75) is 46.6 Å². The molecule has 0 saturated carbocycles. The summed E-state index contributed by atoms with van der Waals surface area (Å²) in [4.78, 5) is 0. The summed E-state index contributed by atoms with van der Waals surface area (Å²) in [6, 6.07) is 7.19. The molecule has 2 heterocycles. The minimum atomic E-state index is 0.578. The quantitative estimate of drug-likeness (QED) is 0.844. The average Bonchev–Trinajstić information content (AvgIpc) is 2.66. The van der Waals surface area contributed by atoms with Crippen molar-refractivity contribution in [1.29, 1.82) is 0 Å². The number of anilines is 1. The van der Waals surface area contributed by atoms with Gasteiger partial charge in [0.05, 0.1) is 11.4 Å². The lowest BCUT2D eigenvalue weighted by molar-refractivity contribution is 0.679. The first-order valence-corrected chi connectivity index (χ1v) is 6.99. The molecule has 1 atom stereocenters. The lowest BCUT2D eigenvalue weighted by atomic mass is 9.98. The fourth-order valence-electron chi connectivity index (χ4n) is 2.74. The number of rotatable bonds is 1. The molecule has 3 nitrogen and oxygen atoms in total. The minimum Gasteiger partial charge on any atom is -0.382 e. The van der Waals surface area contributed by atoms with E-state index in [0.717, 1.165) is 12.1 Å². The van der Waals surface area contributed by atoms with Crippen LogP contribution in [-0.2, 0) is 6.42 Å². The second kappa shape index (κ2) is 4.41. The highest BCUT2D eigenvalue weighted by Gasteiger charge is 2.16. The third-order valence-electron chi connectivity index (χ3n) is 4.24. The van der Waals surface area contributed by atoms with E-state index in [-0.39, 0.29) is 0 Å². The number of hydrogen-bond acceptors (Lipinski definition) is 2. The van der Waals surface area contributed by atoms with Crippen LogP contribution in [-0.4, -0.2) is 15.8 Å². The highest BCUT2D eigenvalue weighted by molar-refractivity contribution is 5.58. The van der Waals surface area contributed by atoms with Gasteiger partial charge in [0, 0.05) is 17.4 Å². The van der Waals surface area contributed by atoms with Crippen molar-refractivity contribution in [2.24, 2.45) is 0 Å². The van der Waals surface area contributed by atoms with E-state index < -0.39 is 0 Å². The van der Waals surface area contributed by atoms with Gasteiger partial charge in [-0.2, -0.15) is 5.10 Å². The van der Waals surface area contributed by atoms with Crippen LogP contribution >= 0.6 is 0 Å². The number of benzene rings is 1. The van der Waals surface area contributed by atoms with Gasteiger partial charge >= 0.3 is 0 Å². The van der Waals surface area contributed by atoms with Gasteiger partial charge < -0.3 is 5.32 Å². The Bertz CT molecular complexity index is 625. The van der Waals surface area contributed by atoms with Gasteiger partial charge in [0.2, 0.25) is 0 Å². The van der Waals surface area contributed by atoms with Gasteiger partial charge in [-0.15, -0.1) is 0 Å². The molecule has 100 valence electrons. The molecular weight excluding hydrogens is 234 g/mol. The monoisotopic (exact) mass is 255 g/mol. The van der Waals surface area contributed by atoms with Crippen LogP contribution in [0, 0.1) is 20.8 Å². The molecule has 1 aliphatic heterocycles. The van der Waals surface area contributed by atoms with Gasteiger partial charge in [-0.1, -0.05) is 0 Å². The minimum absolute atomic E-state index is 0.578. The molecule has 0 radical (unpaired) electrons. The van der Waals surface area contributed by atoms with E-state index in [1.165, 1.54) is 34.6 Å². The fraction of sp³-hybridized carbons (Fsp3) is 0.438. The van der Waals surface area contributed by atoms with E-state index in [9.17, 15) is 0 Å². The molecule has 1 aliphatic rings. The smallest absolute Gasteiger partial charge is 0.0653 e. The molecule has 0 amide bonds. The highest BCUT2D eigenvalue weighted by Crippen LogP contribution is 2.27. The van der Waals surface area contributed by atoms with Gasteiger partial charge in [0.15, 0.2) is 0 Å². The maximum atomic E-state index is 4.64. The van der Waals surface area contributed by atoms with Gasteiger partial charge in [0.1, 0.15) is 0 Å². The number of fused-ring (bicyclic) bond motifs is 1. The molecule has 1 aromatic heterocycles. The Morgan fingerprint density at radius 1 is 1.26 bits per heavy atom. The zero-order chi connectivity index (χ0) is 13.6. The van der Waals surface area contributed by atoms with Gasteiger partial charge in [-0.3, -0.25) is 0 Å². The molecule has 1 aromatic carbocycles. The molecule has 3 rings (SSSR count). The Morgan fingerprint density at radius 3 is 2.74 bits per heavy atom. The van der Waals surface area contributed by atoms with Crippen LogP contribution in [0.1, 0.15) is 35.9 Å². The van der Waals surface area contributed by atoms with Crippen molar-refractivity contribution in [1.82, 2.24) is 9.78 Å². The van der Waals surface area contributed by atoms with Crippen molar-refractivity contribution >= 4 is 5.69 Å². The van der Waals surface area contributed by atoms with E-state index in [0.29, 0.717) is 6.04 Å². The third-order valence-corrected chi connectivity index (χ3v) is 4.24. The second-order valence-corrected chi connectivity index (χ2v) is 5.63. The summed E-state index contributed by atoms with van der Waals surface area (Å²) in [5, 5.41) is 8.18. The predicted molar refractivity (Wildman–Crippen MR) is 79.2 cm³/mol. The normalized spacial score (nSPS) is 18.0. The molecule has 2 aromatic rings. The summed E-state index contributed by atoms with van der Waals surface area (Å²) in [6.07, 6.45) is 2.35. The lowest BCUT2D eigenvalue weighted by Crippen LogP contribution is -2.22. The third kappa shape index (κ3) is 2.03. The Labute approximate surface area is 114 Å². The van der Waals surface area contributed by atoms with E-state index in [2.05, 4.69) is 61.0 Å². The van der Waals surface area contributed by atoms with Gasteiger partial charge in [0.25, 0.3) is 0 Å². The van der Waals surface area contributed by atoms with Crippen LogP contribution in [0.25, 0.3) is 5.69 Å². The SMILES string of the molecule is Cc1nn(-c2ccc3c(c2)CCC(C)N3)c(C)c1C. The summed E-state index contributed by atoms with van der Waals surface area (Å²) < 4.78 is 2.06. The van der Waals surface area contributed by atoms with Crippen LogP contribution < -0.4 is 5.32 Å². The molecular formula is C16H21N3. The molecule has 0 aliphatic carbocycles. The first kappa shape index (κ1) is 12.3. The molecule has 0 spiro atoms. The van der Waals surface area contributed by atoms with Crippen molar-refractivity contribution in [2.75, 3.05) is 5.32 Å². The Morgan fingerprint density at radius 2 is 2.05 bits per heavy atom. The average molecular weight is 255 g/mol. The maximum absolute atomic E-state index is 4.64. The number of nitrogens with one attached hydrogen (secondary N) is 1. The number of aryl methyl sites for hydroxylation is 2. The number of aromatic nitrogens is 2. The summed E-state index contributed by atoms with van der Waals surface area (Å²) in [6.45, 7) is 8.58. The summed E-state index contributed by atoms with van der Waals surface area (Å²) in [7, 11) is 0. The van der Waals surface area contributed by atoms with Crippen LogP contribution in [0.5, 0.6) is 0 Å². The fourth-order valence-corrected chi connectivity index (χ4v) is 2.74. The highest BCUT2D eigenvalue weighted by atomic mass is 15.3. The molecule has 0 saturated heterocycles. The van der Waals surface area contributed by atoms with E-state index in [1.807, 2.05) is 0 Å². The number of nitrogens with zero attached hydrogens (tertiary/aromatic N) is 2. The van der Waals surface area contributed by atoms with E-state index in [1.54, 1.807) is 0 Å². The van der Waals surface area contributed by atoms with Crippen LogP contribution in [0.3, 0.4) is 0 Å². The predicted octanol–water partition coefficient (Wildman–Crippen LogP) is 3.54. The number of hydrogen-bond donors (Lipinski definition) is 1. The van der Waals surface area contributed by atoms with Crippen molar-refractivity contribution in [3.8, 4) is 5.69 Å². The molecule has 0 bridgehead atoms. The summed E-state index contributed by atoms with van der Waals surface area (Å²) in [5.41, 5.74) is 7.48. The van der Waals surface area contributed by atoms with Crippen molar-refractivity contribution < 1.29 is 0 Å².